The largest absolute Gasteiger partial charge is 0.228 e. The summed E-state index contributed by atoms with van der Waals surface area (Å²) in [5.74, 6) is 0.709. The van der Waals surface area contributed by atoms with Crippen LogP contribution in [0.25, 0.3) is 76.3 Å². The van der Waals surface area contributed by atoms with Crippen molar-refractivity contribution in [2.24, 2.45) is 0 Å². The van der Waals surface area contributed by atoms with E-state index in [1.165, 1.54) is 64.7 Å². The molecule has 0 fully saturated rings. The molecule has 0 radical (unpaired) electrons. The van der Waals surface area contributed by atoms with Gasteiger partial charge in [-0.2, -0.15) is 0 Å². The molecule has 8 aromatic carbocycles. The summed E-state index contributed by atoms with van der Waals surface area (Å²) in [6.07, 6.45) is 0. The van der Waals surface area contributed by atoms with Gasteiger partial charge in [0.25, 0.3) is 0 Å². The zero-order valence-corrected chi connectivity index (χ0v) is 31.2. The van der Waals surface area contributed by atoms with Gasteiger partial charge < -0.3 is 0 Å². The molecule has 0 atom stereocenters. The molecule has 0 unspecified atom stereocenters. The molecule has 10 aromatic rings. The van der Waals surface area contributed by atoms with Crippen LogP contribution < -0.4 is 0 Å². The van der Waals surface area contributed by atoms with Crippen LogP contribution in [0.4, 0.5) is 0 Å². The van der Waals surface area contributed by atoms with Crippen molar-refractivity contribution in [1.29, 1.82) is 0 Å². The zero-order valence-electron chi connectivity index (χ0n) is 30.4. The molecular weight excluding hydrogens is 697 g/mol. The number of nitrogens with zero attached hydrogens (tertiary/aromatic N) is 2. The van der Waals surface area contributed by atoms with Gasteiger partial charge in [-0.1, -0.05) is 176 Å². The van der Waals surface area contributed by atoms with E-state index in [1.54, 1.807) is 0 Å². The molecule has 1 aliphatic rings. The van der Waals surface area contributed by atoms with Crippen molar-refractivity contribution >= 4 is 31.5 Å². The van der Waals surface area contributed by atoms with Crippen molar-refractivity contribution in [3.8, 4) is 56.2 Å². The Kier molecular flexibility index (Phi) is 7.61. The fourth-order valence-electron chi connectivity index (χ4n) is 8.81. The summed E-state index contributed by atoms with van der Waals surface area (Å²) < 4.78 is 2.64. The van der Waals surface area contributed by atoms with E-state index in [0.29, 0.717) is 5.82 Å². The van der Waals surface area contributed by atoms with Crippen molar-refractivity contribution in [3.63, 3.8) is 0 Å². The highest BCUT2D eigenvalue weighted by atomic mass is 32.1. The Morgan fingerprint density at radius 2 is 0.893 bits per heavy atom. The van der Waals surface area contributed by atoms with Crippen LogP contribution in [-0.2, 0) is 5.41 Å². The number of rotatable bonds is 6. The first-order chi connectivity index (χ1) is 27.7. The van der Waals surface area contributed by atoms with Crippen LogP contribution in [0.2, 0.25) is 0 Å². The number of benzene rings is 8. The predicted octanol–water partition coefficient (Wildman–Crippen LogP) is 13.9. The predicted molar refractivity (Wildman–Crippen MR) is 234 cm³/mol. The summed E-state index contributed by atoms with van der Waals surface area (Å²) in [7, 11) is 0. The lowest BCUT2D eigenvalue weighted by molar-refractivity contribution is 0.768. The fourth-order valence-corrected chi connectivity index (χ4v) is 9.89. The second kappa shape index (κ2) is 13.1. The van der Waals surface area contributed by atoms with Crippen LogP contribution in [0.15, 0.2) is 206 Å². The van der Waals surface area contributed by atoms with E-state index >= 15 is 0 Å². The summed E-state index contributed by atoms with van der Waals surface area (Å²) in [6, 6.07) is 74.5. The van der Waals surface area contributed by atoms with Gasteiger partial charge >= 0.3 is 0 Å². The third-order valence-corrected chi connectivity index (χ3v) is 12.6. The quantitative estimate of drug-likeness (QED) is 0.170. The van der Waals surface area contributed by atoms with E-state index in [9.17, 15) is 0 Å². The van der Waals surface area contributed by atoms with E-state index in [0.717, 1.165) is 28.1 Å². The molecule has 0 aliphatic heterocycles. The van der Waals surface area contributed by atoms with Crippen molar-refractivity contribution in [3.05, 3.63) is 229 Å². The number of hydrogen-bond acceptors (Lipinski definition) is 3. The molecule has 0 saturated heterocycles. The Balaban J connectivity index is 1.05. The molecule has 3 heteroatoms. The van der Waals surface area contributed by atoms with Gasteiger partial charge in [0.05, 0.1) is 16.8 Å². The van der Waals surface area contributed by atoms with Crippen LogP contribution in [0.3, 0.4) is 0 Å². The minimum atomic E-state index is -0.443. The van der Waals surface area contributed by atoms with E-state index < -0.39 is 5.41 Å². The Morgan fingerprint density at radius 3 is 1.64 bits per heavy atom. The molecule has 0 amide bonds. The second-order valence-electron chi connectivity index (χ2n) is 14.5. The normalized spacial score (nSPS) is 12.8. The molecule has 0 saturated carbocycles. The van der Waals surface area contributed by atoms with E-state index in [2.05, 4.69) is 188 Å². The van der Waals surface area contributed by atoms with Gasteiger partial charge in [-0.15, -0.1) is 11.3 Å². The van der Waals surface area contributed by atoms with Gasteiger partial charge in [0.1, 0.15) is 0 Å². The molecule has 2 nitrogen and oxygen atoms in total. The van der Waals surface area contributed by atoms with Gasteiger partial charge in [0.2, 0.25) is 0 Å². The fraction of sp³-hybridized carbons (Fsp3) is 0.0189. The topological polar surface area (TPSA) is 25.8 Å². The Morgan fingerprint density at radius 1 is 0.339 bits per heavy atom. The molecule has 1 aliphatic carbocycles. The molecule has 0 spiro atoms. The molecule has 11 rings (SSSR count). The monoisotopic (exact) mass is 730 g/mol. The number of thiophene rings is 1. The van der Waals surface area contributed by atoms with Gasteiger partial charge in [-0.3, -0.25) is 0 Å². The molecule has 0 N–H and O–H groups in total. The summed E-state index contributed by atoms with van der Waals surface area (Å²) in [5.41, 5.74) is 14.4. The molecular formula is C53H34N2S. The van der Waals surface area contributed by atoms with Crippen molar-refractivity contribution < 1.29 is 0 Å². The van der Waals surface area contributed by atoms with Crippen LogP contribution in [0, 0.1) is 0 Å². The maximum absolute atomic E-state index is 5.24. The lowest BCUT2D eigenvalue weighted by Gasteiger charge is -2.33. The lowest BCUT2D eigenvalue weighted by atomic mass is 9.67. The average Bonchev–Trinajstić information content (AvgIpc) is 3.80. The zero-order chi connectivity index (χ0) is 37.1. The van der Waals surface area contributed by atoms with Crippen molar-refractivity contribution in [1.82, 2.24) is 9.97 Å². The minimum Gasteiger partial charge on any atom is -0.228 e. The van der Waals surface area contributed by atoms with Crippen LogP contribution in [0.1, 0.15) is 22.3 Å². The Bertz CT molecular complexity index is 3020. The van der Waals surface area contributed by atoms with Gasteiger partial charge in [-0.05, 0) is 74.8 Å². The Hall–Kier alpha value is -6.94. The Labute approximate surface area is 330 Å². The van der Waals surface area contributed by atoms with Gasteiger partial charge in [0.15, 0.2) is 5.82 Å². The first-order valence-corrected chi connectivity index (χ1v) is 19.9. The standard InChI is InChI=1S/C53H34N2S/c1-4-14-37(15-5-1)52-54-48(36-26-24-35(25-27-36)38-29-31-51-45(32-38)43-21-11-13-23-50(43)56-51)34-49(55-52)39-28-30-47-44(33-39)42-20-10-12-22-46(42)53(47,40-16-6-2-7-17-40)41-18-8-3-9-19-41/h1-34H. The lowest BCUT2D eigenvalue weighted by Crippen LogP contribution is -2.28. The second-order valence-corrected chi connectivity index (χ2v) is 15.6. The van der Waals surface area contributed by atoms with Gasteiger partial charge in [-0.25, -0.2) is 9.97 Å². The highest BCUT2D eigenvalue weighted by Crippen LogP contribution is 2.56. The van der Waals surface area contributed by atoms with Crippen LogP contribution >= 0.6 is 11.3 Å². The number of hydrogen-bond donors (Lipinski definition) is 0. The van der Waals surface area contributed by atoms with Crippen molar-refractivity contribution in [2.45, 2.75) is 5.41 Å². The summed E-state index contributed by atoms with van der Waals surface area (Å²) >= 11 is 1.85. The average molecular weight is 731 g/mol. The van der Waals surface area contributed by atoms with E-state index in [1.807, 2.05) is 29.5 Å². The summed E-state index contributed by atoms with van der Waals surface area (Å²) in [5, 5.41) is 2.62. The smallest absolute Gasteiger partial charge is 0.160 e. The molecule has 2 heterocycles. The maximum Gasteiger partial charge on any atom is 0.160 e. The van der Waals surface area contributed by atoms with Crippen LogP contribution in [0.5, 0.6) is 0 Å². The third kappa shape index (κ3) is 5.16. The number of fused-ring (bicyclic) bond motifs is 6. The number of aromatic nitrogens is 2. The SMILES string of the molecule is c1ccc(-c2nc(-c3ccc(-c4ccc5sc6ccccc6c5c4)cc3)cc(-c3ccc4c(c3)-c3ccccc3C4(c3ccccc3)c3ccccc3)n2)cc1. The van der Waals surface area contributed by atoms with E-state index in [4.69, 9.17) is 9.97 Å². The van der Waals surface area contributed by atoms with Crippen LogP contribution in [-0.4, -0.2) is 9.97 Å². The summed E-state index contributed by atoms with van der Waals surface area (Å²) in [6.45, 7) is 0. The highest BCUT2D eigenvalue weighted by molar-refractivity contribution is 7.25. The highest BCUT2D eigenvalue weighted by Gasteiger charge is 2.46. The molecule has 262 valence electrons. The molecule has 2 aromatic heterocycles. The first-order valence-electron chi connectivity index (χ1n) is 19.1. The first kappa shape index (κ1) is 32.5. The van der Waals surface area contributed by atoms with Crippen molar-refractivity contribution in [2.75, 3.05) is 0 Å². The van der Waals surface area contributed by atoms with E-state index in [-0.39, 0.29) is 0 Å². The summed E-state index contributed by atoms with van der Waals surface area (Å²) in [4.78, 5) is 10.4. The minimum absolute atomic E-state index is 0.443. The third-order valence-electron chi connectivity index (χ3n) is 11.4. The molecule has 0 bridgehead atoms. The molecule has 56 heavy (non-hydrogen) atoms. The van der Waals surface area contributed by atoms with Gasteiger partial charge in [0, 0.05) is 36.9 Å². The maximum atomic E-state index is 5.24.